The highest BCUT2D eigenvalue weighted by atomic mass is 79.9. The Morgan fingerprint density at radius 1 is 1.08 bits per heavy atom. The van der Waals surface area contributed by atoms with Crippen LogP contribution in [0.2, 0.25) is 0 Å². The van der Waals surface area contributed by atoms with Crippen molar-refractivity contribution in [3.8, 4) is 0 Å². The van der Waals surface area contributed by atoms with Gasteiger partial charge in [-0.3, -0.25) is 9.59 Å². The predicted molar refractivity (Wildman–Crippen MR) is 100 cm³/mol. The molecular formula is C19H16BrN3O2. The summed E-state index contributed by atoms with van der Waals surface area (Å²) in [5.74, 6) is 0.304. The van der Waals surface area contributed by atoms with Gasteiger partial charge in [-0.25, -0.2) is 4.98 Å². The van der Waals surface area contributed by atoms with Crippen molar-refractivity contribution in [3.05, 3.63) is 76.5 Å². The number of allylic oxidation sites excluding steroid dienone is 1. The fraction of sp³-hybridized carbons (Fsp3) is 0.105. The van der Waals surface area contributed by atoms with Crippen LogP contribution >= 0.6 is 15.9 Å². The molecule has 0 spiro atoms. The van der Waals surface area contributed by atoms with E-state index in [-0.39, 0.29) is 11.7 Å². The van der Waals surface area contributed by atoms with Crippen molar-refractivity contribution in [2.75, 3.05) is 6.54 Å². The van der Waals surface area contributed by atoms with Crippen LogP contribution in [0.15, 0.2) is 65.2 Å². The number of para-hydroxylation sites is 2. The zero-order valence-corrected chi connectivity index (χ0v) is 14.9. The van der Waals surface area contributed by atoms with E-state index < -0.39 is 0 Å². The van der Waals surface area contributed by atoms with Crippen LogP contribution in [-0.2, 0) is 11.2 Å². The quantitative estimate of drug-likeness (QED) is 0.494. The highest BCUT2D eigenvalue weighted by molar-refractivity contribution is 9.10. The fourth-order valence-electron chi connectivity index (χ4n) is 2.35. The third-order valence-corrected chi connectivity index (χ3v) is 4.14. The summed E-state index contributed by atoms with van der Waals surface area (Å²) in [5.41, 5.74) is 2.42. The SMILES string of the molecule is O=C(/C=C/C(=O)c1ccc(Br)cc1)NCCc1nc2ccccc2[nH]1. The van der Waals surface area contributed by atoms with E-state index in [0.29, 0.717) is 18.5 Å². The lowest BCUT2D eigenvalue weighted by molar-refractivity contribution is -0.116. The van der Waals surface area contributed by atoms with Crippen LogP contribution in [0.5, 0.6) is 0 Å². The van der Waals surface area contributed by atoms with Gasteiger partial charge in [0.1, 0.15) is 5.82 Å². The fourth-order valence-corrected chi connectivity index (χ4v) is 2.61. The average Bonchev–Trinajstić information content (AvgIpc) is 3.03. The number of fused-ring (bicyclic) bond motifs is 1. The van der Waals surface area contributed by atoms with Gasteiger partial charge in [0, 0.05) is 29.1 Å². The summed E-state index contributed by atoms with van der Waals surface area (Å²) in [6.45, 7) is 0.440. The number of nitrogens with one attached hydrogen (secondary N) is 2. The summed E-state index contributed by atoms with van der Waals surface area (Å²) in [7, 11) is 0. The molecule has 126 valence electrons. The molecule has 3 aromatic rings. The number of rotatable bonds is 6. The number of benzene rings is 2. The van der Waals surface area contributed by atoms with Crippen molar-refractivity contribution in [1.82, 2.24) is 15.3 Å². The Hall–Kier alpha value is -2.73. The Bertz CT molecular complexity index is 896. The molecule has 1 heterocycles. The number of carbonyl (C=O) groups is 2. The topological polar surface area (TPSA) is 74.8 Å². The van der Waals surface area contributed by atoms with Crippen LogP contribution in [-0.4, -0.2) is 28.2 Å². The van der Waals surface area contributed by atoms with Crippen LogP contribution in [0.25, 0.3) is 11.0 Å². The van der Waals surface area contributed by atoms with Gasteiger partial charge in [-0.05, 0) is 42.5 Å². The molecule has 0 fully saturated rings. The number of aromatic nitrogens is 2. The molecule has 5 nitrogen and oxygen atoms in total. The van der Waals surface area contributed by atoms with Crippen molar-refractivity contribution < 1.29 is 9.59 Å². The highest BCUT2D eigenvalue weighted by Crippen LogP contribution is 2.11. The number of H-pyrrole nitrogens is 1. The molecule has 1 amide bonds. The predicted octanol–water partition coefficient (Wildman–Crippen LogP) is 3.42. The minimum absolute atomic E-state index is 0.208. The maximum Gasteiger partial charge on any atom is 0.244 e. The molecule has 25 heavy (non-hydrogen) atoms. The first-order valence-corrected chi connectivity index (χ1v) is 8.60. The monoisotopic (exact) mass is 397 g/mol. The van der Waals surface area contributed by atoms with Crippen molar-refractivity contribution in [1.29, 1.82) is 0 Å². The summed E-state index contributed by atoms with van der Waals surface area (Å²) < 4.78 is 0.899. The Balaban J connectivity index is 1.49. The van der Waals surface area contributed by atoms with Crippen molar-refractivity contribution in [2.24, 2.45) is 0 Å². The standard InChI is InChI=1S/C19H16BrN3O2/c20-14-7-5-13(6-8-14)17(24)9-10-19(25)21-12-11-18-22-15-3-1-2-4-16(15)23-18/h1-10H,11-12H2,(H,21,25)(H,22,23)/b10-9+. The van der Waals surface area contributed by atoms with Crippen LogP contribution in [0.3, 0.4) is 0 Å². The minimum atomic E-state index is -0.304. The van der Waals surface area contributed by atoms with Crippen LogP contribution in [0.1, 0.15) is 16.2 Å². The molecule has 0 aliphatic heterocycles. The first kappa shape index (κ1) is 17.1. The summed E-state index contributed by atoms with van der Waals surface area (Å²) in [6, 6.07) is 14.8. The lowest BCUT2D eigenvalue weighted by Crippen LogP contribution is -2.24. The number of carbonyl (C=O) groups excluding carboxylic acids is 2. The van der Waals surface area contributed by atoms with Crippen molar-refractivity contribution in [3.63, 3.8) is 0 Å². The van der Waals surface area contributed by atoms with E-state index in [2.05, 4.69) is 31.2 Å². The van der Waals surface area contributed by atoms with E-state index in [4.69, 9.17) is 0 Å². The van der Waals surface area contributed by atoms with Gasteiger partial charge in [-0.2, -0.15) is 0 Å². The molecule has 2 N–H and O–H groups in total. The molecule has 0 atom stereocenters. The summed E-state index contributed by atoms with van der Waals surface area (Å²) >= 11 is 3.31. The number of amides is 1. The van der Waals surface area contributed by atoms with Crippen molar-refractivity contribution in [2.45, 2.75) is 6.42 Å². The Labute approximate surface area is 153 Å². The summed E-state index contributed by atoms with van der Waals surface area (Å²) in [4.78, 5) is 31.4. The van der Waals surface area contributed by atoms with E-state index in [1.807, 2.05) is 24.3 Å². The van der Waals surface area contributed by atoms with Crippen LogP contribution < -0.4 is 5.32 Å². The number of halogens is 1. The zero-order valence-electron chi connectivity index (χ0n) is 13.3. The molecule has 0 radical (unpaired) electrons. The lowest BCUT2D eigenvalue weighted by atomic mass is 10.1. The second-order valence-electron chi connectivity index (χ2n) is 5.45. The van der Waals surface area contributed by atoms with Crippen molar-refractivity contribution >= 4 is 38.7 Å². The van der Waals surface area contributed by atoms with Gasteiger partial charge < -0.3 is 10.3 Å². The first-order valence-electron chi connectivity index (χ1n) is 7.81. The molecule has 0 saturated heterocycles. The average molecular weight is 398 g/mol. The molecule has 0 aliphatic carbocycles. The largest absolute Gasteiger partial charge is 0.352 e. The summed E-state index contributed by atoms with van der Waals surface area (Å²) in [6.07, 6.45) is 3.12. The summed E-state index contributed by atoms with van der Waals surface area (Å²) in [5, 5.41) is 2.75. The van der Waals surface area contributed by atoms with E-state index in [9.17, 15) is 9.59 Å². The highest BCUT2D eigenvalue weighted by Gasteiger charge is 2.04. The normalized spacial score (nSPS) is 11.1. The van der Waals surface area contributed by atoms with Gasteiger partial charge in [0.05, 0.1) is 11.0 Å². The van der Waals surface area contributed by atoms with E-state index >= 15 is 0 Å². The third kappa shape index (κ3) is 4.64. The number of imidazole rings is 1. The zero-order chi connectivity index (χ0) is 17.6. The molecule has 0 saturated carbocycles. The maximum atomic E-state index is 12.0. The third-order valence-electron chi connectivity index (χ3n) is 3.61. The Morgan fingerprint density at radius 3 is 2.60 bits per heavy atom. The molecule has 0 unspecified atom stereocenters. The number of nitrogens with zero attached hydrogens (tertiary/aromatic N) is 1. The van der Waals surface area contributed by atoms with Gasteiger partial charge in [0.15, 0.2) is 5.78 Å². The van der Waals surface area contributed by atoms with E-state index in [1.54, 1.807) is 24.3 Å². The van der Waals surface area contributed by atoms with E-state index in [1.165, 1.54) is 12.2 Å². The number of ketones is 1. The van der Waals surface area contributed by atoms with Gasteiger partial charge in [-0.15, -0.1) is 0 Å². The molecule has 2 aromatic carbocycles. The van der Waals surface area contributed by atoms with Gasteiger partial charge >= 0.3 is 0 Å². The number of aromatic amines is 1. The molecule has 3 rings (SSSR count). The second kappa shape index (κ2) is 7.90. The lowest BCUT2D eigenvalue weighted by Gasteiger charge is -2.00. The first-order chi connectivity index (χ1) is 12.1. The second-order valence-corrected chi connectivity index (χ2v) is 6.36. The number of hydrogen-bond acceptors (Lipinski definition) is 3. The molecule has 0 aliphatic rings. The molecule has 1 aromatic heterocycles. The minimum Gasteiger partial charge on any atom is -0.352 e. The van der Waals surface area contributed by atoms with Crippen LogP contribution in [0, 0.1) is 0 Å². The van der Waals surface area contributed by atoms with E-state index in [0.717, 1.165) is 21.3 Å². The van der Waals surface area contributed by atoms with Crippen LogP contribution in [0.4, 0.5) is 0 Å². The Kier molecular flexibility index (Phi) is 5.40. The smallest absolute Gasteiger partial charge is 0.244 e. The number of hydrogen-bond donors (Lipinski definition) is 2. The Morgan fingerprint density at radius 2 is 1.84 bits per heavy atom. The van der Waals surface area contributed by atoms with Gasteiger partial charge in [0.25, 0.3) is 0 Å². The van der Waals surface area contributed by atoms with Gasteiger partial charge in [-0.1, -0.05) is 28.1 Å². The molecule has 6 heteroatoms. The molecular weight excluding hydrogens is 382 g/mol. The molecule has 0 bridgehead atoms. The van der Waals surface area contributed by atoms with Gasteiger partial charge in [0.2, 0.25) is 5.91 Å². The maximum absolute atomic E-state index is 12.0.